The highest BCUT2D eigenvalue weighted by atomic mass is 19.1. The normalized spacial score (nSPS) is 17.8. The maximum atomic E-state index is 14.0. The molecule has 0 radical (unpaired) electrons. The van der Waals surface area contributed by atoms with Gasteiger partial charge in [-0.3, -0.25) is 10.6 Å². The molecule has 1 aromatic carbocycles. The second-order valence-corrected chi connectivity index (χ2v) is 10.4. The van der Waals surface area contributed by atoms with Crippen LogP contribution in [0.2, 0.25) is 0 Å². The van der Waals surface area contributed by atoms with E-state index in [-0.39, 0.29) is 30.0 Å². The quantitative estimate of drug-likeness (QED) is 0.187. The molecule has 4 aromatic rings. The number of amidine groups is 1. The smallest absolute Gasteiger partial charge is 0.449 e. The highest BCUT2D eigenvalue weighted by molar-refractivity contribution is 5.96. The molecule has 6 rings (SSSR count). The van der Waals surface area contributed by atoms with Crippen molar-refractivity contribution in [3.8, 4) is 5.88 Å². The molecule has 212 valence electrons. The fourth-order valence-corrected chi connectivity index (χ4v) is 5.33. The highest BCUT2D eigenvalue weighted by Crippen LogP contribution is 2.30. The number of fused-ring (bicyclic) bond motifs is 1. The van der Waals surface area contributed by atoms with E-state index < -0.39 is 11.6 Å². The van der Waals surface area contributed by atoms with Crippen molar-refractivity contribution in [3.63, 3.8) is 0 Å². The fraction of sp³-hybridized carbons (Fsp3) is 0.379. The second kappa shape index (κ2) is 11.7. The molecule has 1 atom stereocenters. The number of aromatic nitrogens is 4. The van der Waals surface area contributed by atoms with Gasteiger partial charge in [-0.1, -0.05) is 6.07 Å². The lowest BCUT2D eigenvalue weighted by atomic mass is 9.93. The maximum Gasteiger partial charge on any atom is 0.449 e. The standard InChI is InChI=1S/C29H29F2N7O3/c30-20-5-4-19(22(31)12-20)17-41-28-3-1-2-23(35-28)18-6-9-37(10-7-18)16-27-34-24-13-25(29(32)36-39)33-14-26(24)38(27)15-21-8-11-40-21/h1-5,12-14,18,21,32H,6-11,15-17H2/p+1/t21-/m0/s1. The average molecular weight is 563 g/mol. The number of piperidine rings is 1. The predicted molar refractivity (Wildman–Crippen MR) is 148 cm³/mol. The van der Waals surface area contributed by atoms with Crippen LogP contribution in [-0.4, -0.2) is 56.1 Å². The summed E-state index contributed by atoms with van der Waals surface area (Å²) in [5.74, 6) is 0.158. The van der Waals surface area contributed by atoms with Crippen molar-refractivity contribution in [1.82, 2.24) is 29.3 Å². The maximum absolute atomic E-state index is 14.0. The zero-order chi connectivity index (χ0) is 28.3. The van der Waals surface area contributed by atoms with Crippen molar-refractivity contribution >= 4 is 16.9 Å². The van der Waals surface area contributed by atoms with E-state index in [9.17, 15) is 13.7 Å². The Hall–Kier alpha value is -4.25. The summed E-state index contributed by atoms with van der Waals surface area (Å²) in [6.07, 6.45) is 4.66. The topological polar surface area (TPSA) is 122 Å². The molecule has 12 heteroatoms. The predicted octanol–water partition coefficient (Wildman–Crippen LogP) is 3.39. The van der Waals surface area contributed by atoms with Gasteiger partial charge in [0.15, 0.2) is 5.69 Å². The molecule has 0 amide bonds. The minimum atomic E-state index is -0.639. The van der Waals surface area contributed by atoms with E-state index in [1.807, 2.05) is 12.1 Å². The van der Waals surface area contributed by atoms with Gasteiger partial charge in [-0.2, -0.15) is 0 Å². The number of benzene rings is 1. The number of likely N-dealkylation sites (tertiary alicyclic amines) is 1. The number of nitrogens with zero attached hydrogens (tertiary/aromatic N) is 6. The van der Waals surface area contributed by atoms with Gasteiger partial charge in [0, 0.05) is 46.9 Å². The molecule has 5 heterocycles. The number of rotatable bonds is 9. The van der Waals surface area contributed by atoms with Crippen molar-refractivity contribution in [2.45, 2.75) is 51.0 Å². The number of halogens is 2. The van der Waals surface area contributed by atoms with E-state index in [2.05, 4.69) is 24.3 Å². The largest absolute Gasteiger partial charge is 0.473 e. The lowest BCUT2D eigenvalue weighted by molar-refractivity contribution is -0.0592. The minimum absolute atomic E-state index is 0.0266. The van der Waals surface area contributed by atoms with Crippen molar-refractivity contribution in [2.75, 3.05) is 19.7 Å². The summed E-state index contributed by atoms with van der Waals surface area (Å²) in [4.78, 5) is 29.9. The van der Waals surface area contributed by atoms with Crippen molar-refractivity contribution in [2.24, 2.45) is 5.73 Å². The number of hydrogen-bond acceptors (Lipinski definition) is 7. The summed E-state index contributed by atoms with van der Waals surface area (Å²) in [5, 5.41) is 0. The summed E-state index contributed by atoms with van der Waals surface area (Å²) in [7, 11) is 0. The minimum Gasteiger partial charge on any atom is -0.473 e. The van der Waals surface area contributed by atoms with Gasteiger partial charge in [-0.25, -0.2) is 23.7 Å². The molecule has 0 saturated carbocycles. The first-order valence-electron chi connectivity index (χ1n) is 13.7. The van der Waals surface area contributed by atoms with Crippen LogP contribution in [0.5, 0.6) is 5.88 Å². The molecule has 2 N–H and O–H groups in total. The van der Waals surface area contributed by atoms with Crippen LogP contribution in [0.4, 0.5) is 8.78 Å². The molecule has 2 aliphatic heterocycles. The first-order valence-corrected chi connectivity index (χ1v) is 13.7. The van der Waals surface area contributed by atoms with Gasteiger partial charge >= 0.3 is 5.84 Å². The van der Waals surface area contributed by atoms with Crippen LogP contribution in [0.3, 0.4) is 0 Å². The van der Waals surface area contributed by atoms with E-state index >= 15 is 0 Å². The molecule has 2 saturated heterocycles. The van der Waals surface area contributed by atoms with Gasteiger partial charge in [-0.05, 0) is 50.6 Å². The molecule has 3 aromatic heterocycles. The first-order chi connectivity index (χ1) is 20.0. The highest BCUT2D eigenvalue weighted by Gasteiger charge is 2.26. The number of imidazole rings is 1. The molecule has 0 unspecified atom stereocenters. The Morgan fingerprint density at radius 2 is 1.95 bits per heavy atom. The van der Waals surface area contributed by atoms with Crippen LogP contribution >= 0.6 is 0 Å². The average Bonchev–Trinajstić information content (AvgIpc) is 3.30. The van der Waals surface area contributed by atoms with Gasteiger partial charge in [0.05, 0.1) is 41.3 Å². The Morgan fingerprint density at radius 3 is 2.68 bits per heavy atom. The van der Waals surface area contributed by atoms with Crippen LogP contribution in [0, 0.1) is 16.5 Å². The first kappa shape index (κ1) is 26.9. The molecule has 41 heavy (non-hydrogen) atoms. The monoisotopic (exact) mass is 562 g/mol. The number of hydrogen-bond donors (Lipinski definition) is 1. The molecule has 0 bridgehead atoms. The Balaban J connectivity index is 1.11. The number of nitroso groups, excluding NO2 is 1. The van der Waals surface area contributed by atoms with E-state index in [1.165, 1.54) is 12.1 Å². The summed E-state index contributed by atoms with van der Waals surface area (Å²) in [6.45, 7) is 3.81. The van der Waals surface area contributed by atoms with Crippen LogP contribution in [0.25, 0.3) is 11.0 Å². The number of nitrogens with two attached hydrogens (primary N) is 1. The third-order valence-corrected chi connectivity index (χ3v) is 7.76. The Labute approximate surface area is 234 Å². The van der Waals surface area contributed by atoms with Crippen LogP contribution < -0.4 is 15.3 Å². The molecule has 10 nitrogen and oxygen atoms in total. The zero-order valence-corrected chi connectivity index (χ0v) is 22.4. The molecule has 0 aliphatic carbocycles. The molecule has 2 aliphatic rings. The zero-order valence-electron chi connectivity index (χ0n) is 22.4. The van der Waals surface area contributed by atoms with Crippen LogP contribution in [0.15, 0.2) is 48.7 Å². The Morgan fingerprint density at radius 1 is 1.12 bits per heavy atom. The van der Waals surface area contributed by atoms with Crippen molar-refractivity contribution < 1.29 is 18.3 Å². The lowest BCUT2D eigenvalue weighted by Gasteiger charge is -2.32. The Kier molecular flexibility index (Phi) is 7.69. The van der Waals surface area contributed by atoms with Gasteiger partial charge in [0.1, 0.15) is 24.1 Å². The van der Waals surface area contributed by atoms with E-state index in [0.29, 0.717) is 30.2 Å². The van der Waals surface area contributed by atoms with E-state index in [1.54, 1.807) is 18.3 Å². The summed E-state index contributed by atoms with van der Waals surface area (Å²) < 4.78 is 40.7. The molecular formula is C29H30F2N7O3+. The Bertz CT molecular complexity index is 1610. The van der Waals surface area contributed by atoms with Gasteiger partial charge in [-0.15, -0.1) is 0 Å². The molecular weight excluding hydrogens is 532 g/mol. The van der Waals surface area contributed by atoms with E-state index in [4.69, 9.17) is 20.2 Å². The fourth-order valence-electron chi connectivity index (χ4n) is 5.33. The molecule has 0 spiro atoms. The SMILES string of the molecule is NC(=[N+]=O)c1cc2nc(CN3CCC(c4cccc(OCc5ccc(F)cc5F)n4)CC3)n(C[C@@H]3CCO3)c2cn1. The van der Waals surface area contributed by atoms with Crippen LogP contribution in [0.1, 0.15) is 48.0 Å². The summed E-state index contributed by atoms with van der Waals surface area (Å²) >= 11 is 0. The molecule has 2 fully saturated rings. The van der Waals surface area contributed by atoms with Gasteiger partial charge < -0.3 is 14.0 Å². The number of ether oxygens (including phenoxy) is 2. The lowest BCUT2D eigenvalue weighted by Crippen LogP contribution is -2.35. The van der Waals surface area contributed by atoms with Gasteiger partial charge in [0.25, 0.3) is 0 Å². The summed E-state index contributed by atoms with van der Waals surface area (Å²) in [6, 6.07) is 10.8. The van der Waals surface area contributed by atoms with E-state index in [0.717, 1.165) is 62.1 Å². The second-order valence-electron chi connectivity index (χ2n) is 10.4. The third-order valence-electron chi connectivity index (χ3n) is 7.76. The van der Waals surface area contributed by atoms with Gasteiger partial charge in [0.2, 0.25) is 5.88 Å². The number of pyridine rings is 2. The van der Waals surface area contributed by atoms with Crippen molar-refractivity contribution in [3.05, 3.63) is 88.0 Å². The third kappa shape index (κ3) is 5.95. The van der Waals surface area contributed by atoms with Crippen molar-refractivity contribution in [1.29, 1.82) is 0 Å². The van der Waals surface area contributed by atoms with Crippen LogP contribution in [-0.2, 0) is 24.4 Å². The summed E-state index contributed by atoms with van der Waals surface area (Å²) in [5.41, 5.74) is 8.79.